The lowest BCUT2D eigenvalue weighted by Crippen LogP contribution is -2.51. The Bertz CT molecular complexity index is 658. The molecular formula is C17H24N4O2S3. The van der Waals surface area contributed by atoms with E-state index in [1.165, 1.54) is 73.4 Å². The van der Waals surface area contributed by atoms with Crippen molar-refractivity contribution < 1.29 is 9.59 Å². The molecule has 0 saturated heterocycles. The molecule has 0 spiro atoms. The first-order chi connectivity index (χ1) is 12.5. The molecule has 0 aliphatic heterocycles. The summed E-state index contributed by atoms with van der Waals surface area (Å²) >= 11 is 4.08. The zero-order valence-electron chi connectivity index (χ0n) is 14.6. The van der Waals surface area contributed by atoms with Crippen LogP contribution in [0, 0.1) is 23.2 Å². The van der Waals surface area contributed by atoms with E-state index in [0.717, 1.165) is 28.6 Å². The molecular weight excluding hydrogens is 388 g/mol. The van der Waals surface area contributed by atoms with Crippen molar-refractivity contribution in [3.63, 3.8) is 0 Å². The fourth-order valence-electron chi connectivity index (χ4n) is 5.42. The summed E-state index contributed by atoms with van der Waals surface area (Å²) < 4.78 is 1.46. The second kappa shape index (κ2) is 7.67. The zero-order valence-corrected chi connectivity index (χ0v) is 17.1. The van der Waals surface area contributed by atoms with Gasteiger partial charge in [0.15, 0.2) is 8.68 Å². The number of hydrogen-bond donors (Lipinski definition) is 2. The summed E-state index contributed by atoms with van der Waals surface area (Å²) in [4.78, 5) is 23.1. The Morgan fingerprint density at radius 2 is 1.58 bits per heavy atom. The number of nitrogens with two attached hydrogens (primary N) is 1. The molecule has 4 fully saturated rings. The highest BCUT2D eigenvalue weighted by Gasteiger charge is 2.50. The molecule has 0 unspecified atom stereocenters. The number of nitrogens with one attached hydrogen (secondary N) is 1. The largest absolute Gasteiger partial charge is 0.369 e. The van der Waals surface area contributed by atoms with E-state index in [4.69, 9.17) is 5.73 Å². The van der Waals surface area contributed by atoms with Crippen molar-refractivity contribution in [3.8, 4) is 0 Å². The Hall–Kier alpha value is -0.800. The maximum atomic E-state index is 12.3. The highest BCUT2D eigenvalue weighted by molar-refractivity contribution is 8.03. The second-order valence-electron chi connectivity index (χ2n) is 8.07. The molecule has 0 radical (unpaired) electrons. The fraction of sp³-hybridized carbons (Fsp3) is 0.765. The monoisotopic (exact) mass is 412 g/mol. The first-order valence-corrected chi connectivity index (χ1v) is 11.9. The number of primary amides is 1. The van der Waals surface area contributed by atoms with E-state index in [-0.39, 0.29) is 17.6 Å². The summed E-state index contributed by atoms with van der Waals surface area (Å²) in [6, 6.07) is 0. The lowest BCUT2D eigenvalue weighted by atomic mass is 9.49. The fourth-order valence-corrected chi connectivity index (χ4v) is 8.01. The lowest BCUT2D eigenvalue weighted by molar-refractivity contribution is -0.120. The van der Waals surface area contributed by atoms with Gasteiger partial charge >= 0.3 is 0 Å². The number of aromatic nitrogens is 2. The maximum absolute atomic E-state index is 12.3. The third kappa shape index (κ3) is 4.36. The Kier molecular flexibility index (Phi) is 5.48. The summed E-state index contributed by atoms with van der Waals surface area (Å²) in [6.45, 7) is 0.839. The molecule has 5 rings (SSSR count). The van der Waals surface area contributed by atoms with Crippen LogP contribution in [-0.2, 0) is 9.59 Å². The summed E-state index contributed by atoms with van der Waals surface area (Å²) in [5.41, 5.74) is 5.50. The summed E-state index contributed by atoms with van der Waals surface area (Å²) in [7, 11) is 0. The molecule has 1 aromatic rings. The lowest BCUT2D eigenvalue weighted by Gasteiger charge is -2.56. The molecule has 4 aliphatic carbocycles. The minimum Gasteiger partial charge on any atom is -0.369 e. The SMILES string of the molecule is NC(=O)CSc1nnc(SCC(=O)NCC23CC4CC(CC(C4)C2)C3)s1. The van der Waals surface area contributed by atoms with E-state index in [1.807, 2.05) is 0 Å². The predicted molar refractivity (Wildman–Crippen MR) is 104 cm³/mol. The molecule has 0 aromatic carbocycles. The Balaban J connectivity index is 1.22. The van der Waals surface area contributed by atoms with Crippen molar-refractivity contribution in [2.45, 2.75) is 47.2 Å². The van der Waals surface area contributed by atoms with Crippen LogP contribution in [0.2, 0.25) is 0 Å². The van der Waals surface area contributed by atoms with Gasteiger partial charge in [-0.2, -0.15) is 0 Å². The molecule has 1 heterocycles. The molecule has 4 aliphatic rings. The predicted octanol–water partition coefficient (Wildman–Crippen LogP) is 2.54. The van der Waals surface area contributed by atoms with Crippen LogP contribution < -0.4 is 11.1 Å². The molecule has 3 N–H and O–H groups in total. The van der Waals surface area contributed by atoms with E-state index in [1.54, 1.807) is 0 Å². The van der Waals surface area contributed by atoms with E-state index >= 15 is 0 Å². The van der Waals surface area contributed by atoms with E-state index in [0.29, 0.717) is 15.5 Å². The maximum Gasteiger partial charge on any atom is 0.230 e. The number of thioether (sulfide) groups is 2. The summed E-state index contributed by atoms with van der Waals surface area (Å²) in [5.74, 6) is 2.99. The van der Waals surface area contributed by atoms with Crippen molar-refractivity contribution in [3.05, 3.63) is 0 Å². The highest BCUT2D eigenvalue weighted by Crippen LogP contribution is 2.59. The third-order valence-corrected chi connectivity index (χ3v) is 9.09. The van der Waals surface area contributed by atoms with Crippen molar-refractivity contribution in [1.82, 2.24) is 15.5 Å². The number of carbonyl (C=O) groups excluding carboxylic acids is 2. The molecule has 6 nitrogen and oxygen atoms in total. The van der Waals surface area contributed by atoms with E-state index < -0.39 is 0 Å². The van der Waals surface area contributed by atoms with Crippen molar-refractivity contribution >= 4 is 46.7 Å². The summed E-state index contributed by atoms with van der Waals surface area (Å²) in [5, 5.41) is 11.3. The smallest absolute Gasteiger partial charge is 0.230 e. The third-order valence-electron chi connectivity index (χ3n) is 5.88. The topological polar surface area (TPSA) is 98.0 Å². The zero-order chi connectivity index (χ0) is 18.1. The van der Waals surface area contributed by atoms with Crippen LogP contribution in [0.5, 0.6) is 0 Å². The Labute approximate surface area is 165 Å². The molecule has 9 heteroatoms. The van der Waals surface area contributed by atoms with Gasteiger partial charge in [0, 0.05) is 6.54 Å². The quantitative estimate of drug-likeness (QED) is 0.637. The van der Waals surface area contributed by atoms with Crippen LogP contribution in [0.25, 0.3) is 0 Å². The van der Waals surface area contributed by atoms with Crippen molar-refractivity contribution in [1.29, 1.82) is 0 Å². The minimum absolute atomic E-state index is 0.0762. The van der Waals surface area contributed by atoms with Gasteiger partial charge in [-0.3, -0.25) is 9.59 Å². The van der Waals surface area contributed by atoms with Gasteiger partial charge in [-0.15, -0.1) is 10.2 Å². The van der Waals surface area contributed by atoms with Gasteiger partial charge in [0.25, 0.3) is 0 Å². The van der Waals surface area contributed by atoms with Gasteiger partial charge < -0.3 is 11.1 Å². The molecule has 2 amide bonds. The van der Waals surface area contributed by atoms with Gasteiger partial charge in [0.05, 0.1) is 11.5 Å². The van der Waals surface area contributed by atoms with Crippen LogP contribution in [-0.4, -0.2) is 40.1 Å². The summed E-state index contributed by atoms with van der Waals surface area (Å²) in [6.07, 6.45) is 8.21. The van der Waals surface area contributed by atoms with Crippen molar-refractivity contribution in [2.75, 3.05) is 18.1 Å². The van der Waals surface area contributed by atoms with Crippen LogP contribution in [0.3, 0.4) is 0 Å². The van der Waals surface area contributed by atoms with Crippen LogP contribution in [0.1, 0.15) is 38.5 Å². The Morgan fingerprint density at radius 1 is 1.04 bits per heavy atom. The van der Waals surface area contributed by atoms with Crippen LogP contribution in [0.15, 0.2) is 8.68 Å². The average Bonchev–Trinajstić information content (AvgIpc) is 3.03. The van der Waals surface area contributed by atoms with Gasteiger partial charge in [-0.1, -0.05) is 34.9 Å². The number of nitrogens with zero attached hydrogens (tertiary/aromatic N) is 2. The highest BCUT2D eigenvalue weighted by atomic mass is 32.2. The van der Waals surface area contributed by atoms with Gasteiger partial charge in [0.1, 0.15) is 0 Å². The molecule has 26 heavy (non-hydrogen) atoms. The normalized spacial score (nSPS) is 31.9. The van der Waals surface area contributed by atoms with Gasteiger partial charge in [-0.25, -0.2) is 0 Å². The molecule has 142 valence electrons. The van der Waals surface area contributed by atoms with Crippen molar-refractivity contribution in [2.24, 2.45) is 28.9 Å². The molecule has 4 bridgehead atoms. The minimum atomic E-state index is -0.372. The van der Waals surface area contributed by atoms with Gasteiger partial charge in [0.2, 0.25) is 11.8 Å². The number of hydrogen-bond acceptors (Lipinski definition) is 7. The first-order valence-electron chi connectivity index (χ1n) is 9.14. The van der Waals surface area contributed by atoms with E-state index in [9.17, 15) is 9.59 Å². The molecule has 4 saturated carbocycles. The standard InChI is InChI=1S/C17H24N4O2S3/c18-13(22)7-24-15-20-21-16(26-15)25-8-14(23)19-9-17-4-10-1-11(5-17)3-12(2-10)6-17/h10-12H,1-9H2,(H2,18,22)(H,19,23). The number of carbonyl (C=O) groups is 2. The van der Waals surface area contributed by atoms with E-state index in [2.05, 4.69) is 15.5 Å². The molecule has 1 aromatic heterocycles. The second-order valence-corrected chi connectivity index (χ2v) is 11.5. The van der Waals surface area contributed by atoms with Crippen LogP contribution in [0.4, 0.5) is 0 Å². The number of amides is 2. The van der Waals surface area contributed by atoms with Gasteiger partial charge in [-0.05, 0) is 61.7 Å². The molecule has 0 atom stereocenters. The average molecular weight is 413 g/mol. The van der Waals surface area contributed by atoms with Crippen LogP contribution >= 0.6 is 34.9 Å². The Morgan fingerprint density at radius 3 is 2.12 bits per heavy atom. The number of rotatable bonds is 8. The first kappa shape index (κ1) is 18.6.